The third kappa shape index (κ3) is 2.26. The van der Waals surface area contributed by atoms with E-state index in [2.05, 4.69) is 9.97 Å². The number of hydrogen-bond donors (Lipinski definition) is 0. The molecule has 1 heterocycles. The quantitative estimate of drug-likeness (QED) is 0.726. The number of benzene rings is 1. The summed E-state index contributed by atoms with van der Waals surface area (Å²) in [7, 11) is 0. The van der Waals surface area contributed by atoms with Gasteiger partial charge in [-0.05, 0) is 32.0 Å². The summed E-state index contributed by atoms with van der Waals surface area (Å²) in [5, 5.41) is 0.246. The standard InChI is InChI=1S/C12H9ClF2N2/c1-6-11(16-7(2)17-12(6)13)9-5-8(14)3-4-10(9)15/h3-5H,1-2H3. The fourth-order valence-electron chi connectivity index (χ4n) is 1.54. The van der Waals surface area contributed by atoms with Crippen molar-refractivity contribution in [1.82, 2.24) is 9.97 Å². The maximum Gasteiger partial charge on any atom is 0.136 e. The van der Waals surface area contributed by atoms with Crippen LogP contribution in [0.3, 0.4) is 0 Å². The minimum atomic E-state index is -0.538. The Morgan fingerprint density at radius 2 is 1.82 bits per heavy atom. The highest BCUT2D eigenvalue weighted by Gasteiger charge is 2.14. The Labute approximate surface area is 102 Å². The zero-order chi connectivity index (χ0) is 12.6. The van der Waals surface area contributed by atoms with Crippen molar-refractivity contribution in [2.45, 2.75) is 13.8 Å². The van der Waals surface area contributed by atoms with Gasteiger partial charge in [0.1, 0.15) is 22.6 Å². The van der Waals surface area contributed by atoms with Crippen LogP contribution in [0.4, 0.5) is 8.78 Å². The van der Waals surface area contributed by atoms with Gasteiger partial charge >= 0.3 is 0 Å². The second-order valence-corrected chi connectivity index (χ2v) is 4.02. The average molecular weight is 255 g/mol. The molecule has 0 amide bonds. The first kappa shape index (κ1) is 11.9. The fourth-order valence-corrected chi connectivity index (χ4v) is 1.75. The van der Waals surface area contributed by atoms with Crippen LogP contribution in [-0.2, 0) is 0 Å². The normalized spacial score (nSPS) is 10.6. The van der Waals surface area contributed by atoms with E-state index in [9.17, 15) is 8.78 Å². The Balaban J connectivity index is 2.72. The predicted molar refractivity (Wildman–Crippen MR) is 61.9 cm³/mol. The van der Waals surface area contributed by atoms with Crippen LogP contribution in [0.2, 0.25) is 5.15 Å². The lowest BCUT2D eigenvalue weighted by Crippen LogP contribution is -1.98. The van der Waals surface area contributed by atoms with Gasteiger partial charge in [0.15, 0.2) is 0 Å². The maximum absolute atomic E-state index is 13.6. The average Bonchev–Trinajstić information content (AvgIpc) is 2.27. The molecule has 0 spiro atoms. The molecule has 17 heavy (non-hydrogen) atoms. The highest BCUT2D eigenvalue weighted by molar-refractivity contribution is 6.30. The summed E-state index contributed by atoms with van der Waals surface area (Å²) in [6.07, 6.45) is 0. The van der Waals surface area contributed by atoms with Crippen molar-refractivity contribution in [3.05, 3.63) is 46.4 Å². The molecule has 0 bridgehead atoms. The maximum atomic E-state index is 13.6. The summed E-state index contributed by atoms with van der Waals surface area (Å²) in [6, 6.07) is 3.22. The molecule has 2 aromatic rings. The van der Waals surface area contributed by atoms with E-state index in [0.29, 0.717) is 17.1 Å². The van der Waals surface area contributed by atoms with Crippen LogP contribution >= 0.6 is 11.6 Å². The summed E-state index contributed by atoms with van der Waals surface area (Å²) < 4.78 is 26.8. The van der Waals surface area contributed by atoms with Gasteiger partial charge in [-0.3, -0.25) is 0 Å². The largest absolute Gasteiger partial charge is 0.233 e. The smallest absolute Gasteiger partial charge is 0.136 e. The molecule has 0 radical (unpaired) electrons. The van der Waals surface area contributed by atoms with E-state index in [1.54, 1.807) is 13.8 Å². The second kappa shape index (κ2) is 4.37. The van der Waals surface area contributed by atoms with Gasteiger partial charge in [0.25, 0.3) is 0 Å². The van der Waals surface area contributed by atoms with Crippen molar-refractivity contribution in [3.8, 4) is 11.3 Å². The molecule has 1 aromatic heterocycles. The van der Waals surface area contributed by atoms with Crippen LogP contribution in [0, 0.1) is 25.5 Å². The molecule has 0 atom stereocenters. The van der Waals surface area contributed by atoms with Crippen LogP contribution in [0.15, 0.2) is 18.2 Å². The number of aryl methyl sites for hydroxylation is 1. The molecule has 1 aromatic carbocycles. The Kier molecular flexibility index (Phi) is 3.07. The first-order valence-corrected chi connectivity index (χ1v) is 5.33. The zero-order valence-corrected chi connectivity index (χ0v) is 10.0. The van der Waals surface area contributed by atoms with Crippen molar-refractivity contribution in [2.75, 3.05) is 0 Å². The molecule has 0 aliphatic rings. The second-order valence-electron chi connectivity index (χ2n) is 3.66. The van der Waals surface area contributed by atoms with E-state index in [0.717, 1.165) is 18.2 Å². The Morgan fingerprint density at radius 3 is 2.53 bits per heavy atom. The van der Waals surface area contributed by atoms with Crippen LogP contribution in [-0.4, -0.2) is 9.97 Å². The lowest BCUT2D eigenvalue weighted by Gasteiger charge is -2.08. The van der Waals surface area contributed by atoms with Crippen LogP contribution in [0.25, 0.3) is 11.3 Å². The Hall–Kier alpha value is -1.55. The summed E-state index contributed by atoms with van der Waals surface area (Å²) in [6.45, 7) is 3.31. The van der Waals surface area contributed by atoms with Gasteiger partial charge in [0, 0.05) is 11.1 Å². The van der Waals surface area contributed by atoms with Crippen LogP contribution < -0.4 is 0 Å². The number of nitrogens with zero attached hydrogens (tertiary/aromatic N) is 2. The molecule has 0 saturated carbocycles. The molecule has 0 saturated heterocycles. The monoisotopic (exact) mass is 254 g/mol. The number of halogens is 3. The van der Waals surface area contributed by atoms with E-state index in [1.165, 1.54) is 0 Å². The minimum absolute atomic E-state index is 0.0925. The van der Waals surface area contributed by atoms with Gasteiger partial charge in [0.2, 0.25) is 0 Å². The van der Waals surface area contributed by atoms with Gasteiger partial charge < -0.3 is 0 Å². The van der Waals surface area contributed by atoms with Gasteiger partial charge in [-0.25, -0.2) is 18.7 Å². The highest BCUT2D eigenvalue weighted by atomic mass is 35.5. The van der Waals surface area contributed by atoms with Gasteiger partial charge in [-0.15, -0.1) is 0 Å². The third-order valence-electron chi connectivity index (χ3n) is 2.38. The summed E-state index contributed by atoms with van der Waals surface area (Å²) in [5.41, 5.74) is 0.941. The third-order valence-corrected chi connectivity index (χ3v) is 2.75. The SMILES string of the molecule is Cc1nc(Cl)c(C)c(-c2cc(F)ccc2F)n1. The van der Waals surface area contributed by atoms with Gasteiger partial charge in [0.05, 0.1) is 5.69 Å². The number of aromatic nitrogens is 2. The van der Waals surface area contributed by atoms with E-state index in [4.69, 9.17) is 11.6 Å². The Bertz CT molecular complexity index is 585. The molecular formula is C12H9ClF2N2. The van der Waals surface area contributed by atoms with E-state index < -0.39 is 11.6 Å². The molecule has 88 valence electrons. The van der Waals surface area contributed by atoms with Crippen molar-refractivity contribution in [1.29, 1.82) is 0 Å². The van der Waals surface area contributed by atoms with Crippen LogP contribution in [0.1, 0.15) is 11.4 Å². The Morgan fingerprint density at radius 1 is 1.12 bits per heavy atom. The number of rotatable bonds is 1. The lowest BCUT2D eigenvalue weighted by atomic mass is 10.1. The molecule has 0 unspecified atom stereocenters. The molecule has 0 N–H and O–H groups in total. The predicted octanol–water partition coefficient (Wildman–Crippen LogP) is 3.69. The van der Waals surface area contributed by atoms with Crippen molar-refractivity contribution in [3.63, 3.8) is 0 Å². The van der Waals surface area contributed by atoms with Crippen molar-refractivity contribution in [2.24, 2.45) is 0 Å². The first-order valence-electron chi connectivity index (χ1n) is 4.95. The summed E-state index contributed by atoms with van der Waals surface area (Å²) >= 11 is 5.89. The van der Waals surface area contributed by atoms with Gasteiger partial charge in [-0.1, -0.05) is 11.6 Å². The van der Waals surface area contributed by atoms with E-state index in [-0.39, 0.29) is 10.7 Å². The summed E-state index contributed by atoms with van der Waals surface area (Å²) in [5.74, 6) is -0.642. The fraction of sp³-hybridized carbons (Fsp3) is 0.167. The molecule has 0 fully saturated rings. The van der Waals surface area contributed by atoms with Crippen molar-refractivity contribution < 1.29 is 8.78 Å². The molecular weight excluding hydrogens is 246 g/mol. The lowest BCUT2D eigenvalue weighted by molar-refractivity contribution is 0.602. The topological polar surface area (TPSA) is 25.8 Å². The summed E-state index contributed by atoms with van der Waals surface area (Å²) in [4.78, 5) is 8.05. The molecule has 0 aliphatic carbocycles. The van der Waals surface area contributed by atoms with Crippen molar-refractivity contribution >= 4 is 11.6 Å². The number of hydrogen-bond acceptors (Lipinski definition) is 2. The minimum Gasteiger partial charge on any atom is -0.233 e. The molecule has 2 nitrogen and oxygen atoms in total. The van der Waals surface area contributed by atoms with E-state index in [1.807, 2.05) is 0 Å². The molecule has 5 heteroatoms. The van der Waals surface area contributed by atoms with E-state index >= 15 is 0 Å². The molecule has 0 aliphatic heterocycles. The molecule has 2 rings (SSSR count). The van der Waals surface area contributed by atoms with Crippen LogP contribution in [0.5, 0.6) is 0 Å². The van der Waals surface area contributed by atoms with Gasteiger partial charge in [-0.2, -0.15) is 0 Å². The highest BCUT2D eigenvalue weighted by Crippen LogP contribution is 2.28. The first-order chi connectivity index (χ1) is 7.99. The zero-order valence-electron chi connectivity index (χ0n) is 9.26.